The molecule has 6 nitrogen and oxygen atoms in total. The van der Waals surface area contributed by atoms with Crippen LogP contribution in [0.3, 0.4) is 0 Å². The molecule has 1 saturated heterocycles. The van der Waals surface area contributed by atoms with Crippen molar-refractivity contribution in [3.63, 3.8) is 0 Å². The fraction of sp³-hybridized carbons (Fsp3) is 0.481. The van der Waals surface area contributed by atoms with Crippen LogP contribution in [0.2, 0.25) is 0 Å². The van der Waals surface area contributed by atoms with Crippen LogP contribution in [0.15, 0.2) is 54.6 Å². The summed E-state index contributed by atoms with van der Waals surface area (Å²) in [5.74, 6) is 1.18. The summed E-state index contributed by atoms with van der Waals surface area (Å²) in [5, 5.41) is 3.05. The number of esters is 1. The number of rotatable bonds is 10. The van der Waals surface area contributed by atoms with Gasteiger partial charge in [-0.1, -0.05) is 48.5 Å². The third-order valence-corrected chi connectivity index (χ3v) is 6.64. The average Bonchev–Trinajstić information content (AvgIpc) is 2.86. The van der Waals surface area contributed by atoms with Gasteiger partial charge in [0.1, 0.15) is 5.75 Å². The first kappa shape index (κ1) is 24.8. The van der Waals surface area contributed by atoms with Gasteiger partial charge in [-0.3, -0.25) is 14.5 Å². The van der Waals surface area contributed by atoms with E-state index in [1.54, 1.807) is 7.11 Å². The highest BCUT2D eigenvalue weighted by atomic mass is 16.5. The Labute approximate surface area is 197 Å². The molecular formula is C27H36N2O4. The number of ether oxygens (including phenoxy) is 2. The number of nitrogens with zero attached hydrogens (tertiary/aromatic N) is 1. The molecule has 2 aromatic rings. The quantitative estimate of drug-likeness (QED) is 0.549. The molecule has 178 valence electrons. The fourth-order valence-electron chi connectivity index (χ4n) is 4.71. The van der Waals surface area contributed by atoms with Crippen molar-refractivity contribution in [2.75, 3.05) is 26.8 Å². The highest BCUT2D eigenvalue weighted by Crippen LogP contribution is 2.36. The maximum absolute atomic E-state index is 12.8. The number of carbonyl (C=O) groups excluding carboxylic acids is 2. The second-order valence-corrected chi connectivity index (χ2v) is 8.61. The lowest BCUT2D eigenvalue weighted by molar-refractivity contribution is -0.144. The van der Waals surface area contributed by atoms with Crippen molar-refractivity contribution in [1.82, 2.24) is 10.2 Å². The van der Waals surface area contributed by atoms with Crippen molar-refractivity contribution in [3.05, 3.63) is 65.7 Å². The Balaban J connectivity index is 1.56. The van der Waals surface area contributed by atoms with E-state index in [2.05, 4.69) is 22.3 Å². The summed E-state index contributed by atoms with van der Waals surface area (Å²) in [6, 6.07) is 17.8. The molecule has 1 fully saturated rings. The van der Waals surface area contributed by atoms with E-state index in [1.807, 2.05) is 56.3 Å². The van der Waals surface area contributed by atoms with Crippen LogP contribution >= 0.6 is 0 Å². The van der Waals surface area contributed by atoms with Gasteiger partial charge in [-0.2, -0.15) is 0 Å². The van der Waals surface area contributed by atoms with E-state index >= 15 is 0 Å². The largest absolute Gasteiger partial charge is 0.496 e. The van der Waals surface area contributed by atoms with Gasteiger partial charge in [0.15, 0.2) is 0 Å². The van der Waals surface area contributed by atoms with E-state index in [9.17, 15) is 9.59 Å². The molecule has 1 aliphatic heterocycles. The molecule has 0 bridgehead atoms. The topological polar surface area (TPSA) is 67.9 Å². The van der Waals surface area contributed by atoms with Gasteiger partial charge in [-0.15, -0.1) is 0 Å². The van der Waals surface area contributed by atoms with E-state index in [-0.39, 0.29) is 23.8 Å². The molecule has 1 heterocycles. The second kappa shape index (κ2) is 12.4. The van der Waals surface area contributed by atoms with Crippen LogP contribution in [-0.2, 0) is 20.9 Å². The van der Waals surface area contributed by atoms with Gasteiger partial charge in [0.05, 0.1) is 26.2 Å². The summed E-state index contributed by atoms with van der Waals surface area (Å²) in [4.78, 5) is 27.3. The SMILES string of the molecule is CCOC(=O)C[C@H](c1ccccc1)C1CCN([C@@H](C)C(=O)NCc2ccccc2OC)CC1. The van der Waals surface area contributed by atoms with Crippen LogP contribution in [0, 0.1) is 5.92 Å². The van der Waals surface area contributed by atoms with Gasteiger partial charge in [-0.05, 0) is 63.2 Å². The van der Waals surface area contributed by atoms with Gasteiger partial charge in [-0.25, -0.2) is 0 Å². The highest BCUT2D eigenvalue weighted by molar-refractivity contribution is 5.81. The van der Waals surface area contributed by atoms with Crippen LogP contribution in [0.1, 0.15) is 50.2 Å². The normalized spacial score (nSPS) is 16.6. The van der Waals surface area contributed by atoms with Gasteiger partial charge in [0, 0.05) is 12.1 Å². The van der Waals surface area contributed by atoms with Crippen molar-refractivity contribution in [2.45, 2.75) is 51.6 Å². The van der Waals surface area contributed by atoms with Crippen LogP contribution < -0.4 is 10.1 Å². The van der Waals surface area contributed by atoms with Crippen molar-refractivity contribution in [3.8, 4) is 5.75 Å². The van der Waals surface area contributed by atoms with E-state index in [1.165, 1.54) is 5.56 Å². The Morgan fingerprint density at radius 1 is 1.06 bits per heavy atom. The molecule has 1 N–H and O–H groups in total. The third-order valence-electron chi connectivity index (χ3n) is 6.64. The molecule has 2 atom stereocenters. The Morgan fingerprint density at radius 3 is 2.39 bits per heavy atom. The summed E-state index contributed by atoms with van der Waals surface area (Å²) < 4.78 is 10.6. The Bertz CT molecular complexity index is 894. The summed E-state index contributed by atoms with van der Waals surface area (Å²) in [6.07, 6.45) is 2.30. The lowest BCUT2D eigenvalue weighted by Crippen LogP contribution is -2.48. The number of methoxy groups -OCH3 is 1. The Hall–Kier alpha value is -2.86. The summed E-state index contributed by atoms with van der Waals surface area (Å²) in [7, 11) is 1.64. The molecule has 0 aliphatic carbocycles. The van der Waals surface area contributed by atoms with Gasteiger partial charge in [0.25, 0.3) is 0 Å². The van der Waals surface area contributed by atoms with Gasteiger partial charge in [0.2, 0.25) is 5.91 Å². The average molecular weight is 453 g/mol. The number of nitrogens with one attached hydrogen (secondary N) is 1. The lowest BCUT2D eigenvalue weighted by atomic mass is 9.78. The van der Waals surface area contributed by atoms with Crippen LogP contribution in [0.5, 0.6) is 5.75 Å². The number of hydrogen-bond acceptors (Lipinski definition) is 5. The first-order valence-electron chi connectivity index (χ1n) is 11.9. The zero-order chi connectivity index (χ0) is 23.6. The van der Waals surface area contributed by atoms with Gasteiger partial charge >= 0.3 is 5.97 Å². The number of piperidine rings is 1. The first-order valence-corrected chi connectivity index (χ1v) is 11.9. The minimum atomic E-state index is -0.208. The molecule has 0 radical (unpaired) electrons. The number of likely N-dealkylation sites (tertiary alicyclic amines) is 1. The van der Waals surface area contributed by atoms with Crippen molar-refractivity contribution >= 4 is 11.9 Å². The second-order valence-electron chi connectivity index (χ2n) is 8.61. The summed E-state index contributed by atoms with van der Waals surface area (Å²) in [6.45, 7) is 6.32. The highest BCUT2D eigenvalue weighted by Gasteiger charge is 2.32. The summed E-state index contributed by atoms with van der Waals surface area (Å²) in [5.41, 5.74) is 2.15. The molecule has 3 rings (SSSR count). The van der Waals surface area contributed by atoms with E-state index in [0.717, 1.165) is 37.2 Å². The lowest BCUT2D eigenvalue weighted by Gasteiger charge is -2.38. The molecule has 2 aromatic carbocycles. The molecule has 1 amide bonds. The Kier molecular flexibility index (Phi) is 9.31. The molecular weight excluding hydrogens is 416 g/mol. The smallest absolute Gasteiger partial charge is 0.306 e. The van der Waals surface area contributed by atoms with Crippen LogP contribution in [0.4, 0.5) is 0 Å². The van der Waals surface area contributed by atoms with Gasteiger partial charge < -0.3 is 14.8 Å². The third kappa shape index (κ3) is 6.81. The zero-order valence-corrected chi connectivity index (χ0v) is 20.0. The molecule has 0 saturated carbocycles. The monoisotopic (exact) mass is 452 g/mol. The standard InChI is InChI=1S/C27H36N2O4/c1-4-33-26(30)18-24(21-10-6-5-7-11-21)22-14-16-29(17-15-22)20(2)27(31)28-19-23-12-8-9-13-25(23)32-3/h5-13,20,22,24H,4,14-19H2,1-3H3,(H,28,31)/t20-,24+/m0/s1. The maximum Gasteiger partial charge on any atom is 0.306 e. The zero-order valence-electron chi connectivity index (χ0n) is 20.0. The number of benzene rings is 2. The van der Waals surface area contributed by atoms with Crippen molar-refractivity contribution in [2.24, 2.45) is 5.92 Å². The molecule has 0 spiro atoms. The molecule has 1 aliphatic rings. The molecule has 33 heavy (non-hydrogen) atoms. The number of amides is 1. The number of para-hydroxylation sites is 1. The van der Waals surface area contributed by atoms with Crippen LogP contribution in [-0.4, -0.2) is 49.6 Å². The number of carbonyl (C=O) groups is 2. The minimum Gasteiger partial charge on any atom is -0.496 e. The molecule has 6 heteroatoms. The molecule has 0 unspecified atom stereocenters. The number of hydrogen-bond donors (Lipinski definition) is 1. The minimum absolute atomic E-state index is 0.0190. The van der Waals surface area contributed by atoms with Crippen molar-refractivity contribution in [1.29, 1.82) is 0 Å². The predicted octanol–water partition coefficient (Wildman–Crippen LogP) is 4.15. The van der Waals surface area contributed by atoms with E-state index in [4.69, 9.17) is 9.47 Å². The Morgan fingerprint density at radius 2 is 1.73 bits per heavy atom. The predicted molar refractivity (Wildman–Crippen MR) is 129 cm³/mol. The van der Waals surface area contributed by atoms with E-state index < -0.39 is 0 Å². The fourth-order valence-corrected chi connectivity index (χ4v) is 4.71. The van der Waals surface area contributed by atoms with E-state index in [0.29, 0.717) is 25.5 Å². The molecule has 0 aromatic heterocycles. The van der Waals surface area contributed by atoms with Crippen LogP contribution in [0.25, 0.3) is 0 Å². The van der Waals surface area contributed by atoms with Crippen molar-refractivity contribution < 1.29 is 19.1 Å². The first-order chi connectivity index (χ1) is 16.0. The maximum atomic E-state index is 12.8. The summed E-state index contributed by atoms with van der Waals surface area (Å²) >= 11 is 0.